The number of aliphatic hydroxyl groups is 1. The van der Waals surface area contributed by atoms with E-state index in [1.54, 1.807) is 12.1 Å². The van der Waals surface area contributed by atoms with E-state index >= 15 is 0 Å². The van der Waals surface area contributed by atoms with Crippen LogP contribution in [0.15, 0.2) is 65.1 Å². The van der Waals surface area contributed by atoms with Gasteiger partial charge in [0.2, 0.25) is 0 Å². The van der Waals surface area contributed by atoms with Gasteiger partial charge in [0.25, 0.3) is 0 Å². The van der Waals surface area contributed by atoms with Crippen LogP contribution in [-0.2, 0) is 6.42 Å². The lowest BCUT2D eigenvalue weighted by Gasteiger charge is -2.15. The third-order valence-electron chi connectivity index (χ3n) is 3.63. The van der Waals surface area contributed by atoms with Gasteiger partial charge in [0.05, 0.1) is 10.6 Å². The Morgan fingerprint density at radius 1 is 0.952 bits per heavy atom. The van der Waals surface area contributed by atoms with Gasteiger partial charge in [-0.2, -0.15) is 0 Å². The van der Waals surface area contributed by atoms with Crippen LogP contribution in [-0.4, -0.2) is 5.11 Å². The average Bonchev–Trinajstić information content (AvgIpc) is 2.50. The molecule has 0 spiro atoms. The van der Waals surface area contributed by atoms with Crippen molar-refractivity contribution in [3.63, 3.8) is 0 Å². The zero-order valence-corrected chi connectivity index (χ0v) is 12.8. The molecule has 0 heterocycles. The maximum Gasteiger partial charge on any atom is 0.137 e. The van der Waals surface area contributed by atoms with Crippen LogP contribution >= 0.6 is 15.9 Å². The largest absolute Gasteiger partial charge is 0.388 e. The summed E-state index contributed by atoms with van der Waals surface area (Å²) in [6.07, 6.45) is -0.301. The zero-order chi connectivity index (χ0) is 14.8. The minimum absolute atomic E-state index is 0.331. The third kappa shape index (κ3) is 2.85. The van der Waals surface area contributed by atoms with Gasteiger partial charge < -0.3 is 5.11 Å². The molecule has 106 valence electrons. The van der Waals surface area contributed by atoms with Gasteiger partial charge in [-0.25, -0.2) is 4.39 Å². The molecule has 0 saturated heterocycles. The fourth-order valence-electron chi connectivity index (χ4n) is 2.57. The van der Waals surface area contributed by atoms with E-state index in [2.05, 4.69) is 15.9 Å². The lowest BCUT2D eigenvalue weighted by molar-refractivity contribution is 0.177. The van der Waals surface area contributed by atoms with Crippen LogP contribution in [0.1, 0.15) is 17.2 Å². The number of aliphatic hydroxyl groups excluding tert-OH is 1. The van der Waals surface area contributed by atoms with Crippen molar-refractivity contribution in [1.29, 1.82) is 0 Å². The molecule has 21 heavy (non-hydrogen) atoms. The summed E-state index contributed by atoms with van der Waals surface area (Å²) in [5.41, 5.74) is 1.62. The minimum atomic E-state index is -0.749. The van der Waals surface area contributed by atoms with Gasteiger partial charge in [-0.05, 0) is 43.9 Å². The number of benzene rings is 3. The molecule has 0 saturated carbocycles. The Kier molecular flexibility index (Phi) is 4.04. The summed E-state index contributed by atoms with van der Waals surface area (Å²) in [5, 5.41) is 12.7. The van der Waals surface area contributed by atoms with E-state index in [4.69, 9.17) is 0 Å². The molecule has 3 rings (SSSR count). The molecular weight excluding hydrogens is 331 g/mol. The van der Waals surface area contributed by atoms with Gasteiger partial charge in [-0.1, -0.05) is 54.6 Å². The highest BCUT2D eigenvalue weighted by Gasteiger charge is 2.15. The molecule has 0 aliphatic heterocycles. The van der Waals surface area contributed by atoms with E-state index in [0.717, 1.165) is 16.3 Å². The maximum atomic E-state index is 13.6. The van der Waals surface area contributed by atoms with Crippen molar-refractivity contribution in [2.45, 2.75) is 12.5 Å². The van der Waals surface area contributed by atoms with Gasteiger partial charge >= 0.3 is 0 Å². The van der Waals surface area contributed by atoms with Crippen molar-refractivity contribution in [3.05, 3.63) is 82.1 Å². The molecule has 3 heteroatoms. The molecule has 1 atom stereocenters. The Bertz CT molecular complexity index is 780. The molecule has 1 N–H and O–H groups in total. The van der Waals surface area contributed by atoms with Crippen LogP contribution in [0.25, 0.3) is 10.8 Å². The molecule has 0 aliphatic rings. The molecule has 0 fully saturated rings. The first kappa shape index (κ1) is 14.2. The van der Waals surface area contributed by atoms with Crippen molar-refractivity contribution >= 4 is 26.7 Å². The highest BCUT2D eigenvalue weighted by atomic mass is 79.9. The number of hydrogen-bond donors (Lipinski definition) is 1. The Labute approximate surface area is 131 Å². The summed E-state index contributed by atoms with van der Waals surface area (Å²) in [4.78, 5) is 0. The zero-order valence-electron chi connectivity index (χ0n) is 11.3. The van der Waals surface area contributed by atoms with Crippen LogP contribution in [0.3, 0.4) is 0 Å². The van der Waals surface area contributed by atoms with E-state index in [1.165, 1.54) is 6.07 Å². The lowest BCUT2D eigenvalue weighted by atomic mass is 9.97. The van der Waals surface area contributed by atoms with Crippen molar-refractivity contribution < 1.29 is 9.50 Å². The van der Waals surface area contributed by atoms with Crippen molar-refractivity contribution in [3.8, 4) is 0 Å². The van der Waals surface area contributed by atoms with E-state index in [-0.39, 0.29) is 5.82 Å². The second-order valence-corrected chi connectivity index (χ2v) is 5.79. The van der Waals surface area contributed by atoms with E-state index in [1.807, 2.05) is 42.5 Å². The fourth-order valence-corrected chi connectivity index (χ4v) is 3.10. The normalized spacial score (nSPS) is 12.5. The van der Waals surface area contributed by atoms with Crippen LogP contribution in [0.4, 0.5) is 4.39 Å². The fraction of sp³-hybridized carbons (Fsp3) is 0.111. The molecule has 1 nitrogen and oxygen atoms in total. The molecule has 0 aliphatic carbocycles. The number of rotatable bonds is 3. The SMILES string of the molecule is OC(Cc1cccc2ccccc12)c1cccc(F)c1Br. The van der Waals surface area contributed by atoms with Crippen molar-refractivity contribution in [1.82, 2.24) is 0 Å². The molecule has 0 radical (unpaired) electrons. The summed E-state index contributed by atoms with van der Waals surface area (Å²) in [5.74, 6) is -0.357. The second-order valence-electron chi connectivity index (χ2n) is 5.00. The monoisotopic (exact) mass is 344 g/mol. The minimum Gasteiger partial charge on any atom is -0.388 e. The molecule has 3 aromatic rings. The summed E-state index contributed by atoms with van der Waals surface area (Å²) in [6.45, 7) is 0. The number of fused-ring (bicyclic) bond motifs is 1. The summed E-state index contributed by atoms with van der Waals surface area (Å²) in [7, 11) is 0. The first-order valence-electron chi connectivity index (χ1n) is 6.75. The summed E-state index contributed by atoms with van der Waals surface area (Å²) in [6, 6.07) is 18.8. The van der Waals surface area contributed by atoms with E-state index < -0.39 is 6.10 Å². The number of hydrogen-bond acceptors (Lipinski definition) is 1. The standard InChI is InChI=1S/C18H14BrFO/c19-18-15(9-4-10-16(18)20)17(21)11-13-7-3-6-12-5-1-2-8-14(12)13/h1-10,17,21H,11H2. The van der Waals surface area contributed by atoms with Crippen LogP contribution in [0.2, 0.25) is 0 Å². The van der Waals surface area contributed by atoms with Crippen LogP contribution in [0.5, 0.6) is 0 Å². The first-order valence-corrected chi connectivity index (χ1v) is 7.55. The van der Waals surface area contributed by atoms with Crippen molar-refractivity contribution in [2.24, 2.45) is 0 Å². The molecule has 0 aromatic heterocycles. The smallest absolute Gasteiger partial charge is 0.137 e. The maximum absolute atomic E-state index is 13.6. The van der Waals surface area contributed by atoms with Gasteiger partial charge in [0.1, 0.15) is 5.82 Å². The van der Waals surface area contributed by atoms with E-state index in [9.17, 15) is 9.50 Å². The molecule has 0 bridgehead atoms. The highest BCUT2D eigenvalue weighted by Crippen LogP contribution is 2.30. The predicted octanol–water partition coefficient (Wildman–Crippen LogP) is 5.02. The summed E-state index contributed by atoms with van der Waals surface area (Å²) >= 11 is 3.21. The average molecular weight is 345 g/mol. The first-order chi connectivity index (χ1) is 10.2. The Morgan fingerprint density at radius 2 is 1.67 bits per heavy atom. The molecule has 1 unspecified atom stereocenters. The summed E-state index contributed by atoms with van der Waals surface area (Å²) < 4.78 is 13.9. The molecular formula is C18H14BrFO. The topological polar surface area (TPSA) is 20.2 Å². The number of halogens is 2. The molecule has 3 aromatic carbocycles. The Morgan fingerprint density at radius 3 is 2.52 bits per heavy atom. The van der Waals surface area contributed by atoms with Gasteiger partial charge in [-0.15, -0.1) is 0 Å². The molecule has 0 amide bonds. The third-order valence-corrected chi connectivity index (χ3v) is 4.47. The van der Waals surface area contributed by atoms with Gasteiger partial charge in [0.15, 0.2) is 0 Å². The van der Waals surface area contributed by atoms with Crippen LogP contribution in [0, 0.1) is 5.82 Å². The van der Waals surface area contributed by atoms with Crippen LogP contribution < -0.4 is 0 Å². The quantitative estimate of drug-likeness (QED) is 0.707. The predicted molar refractivity (Wildman–Crippen MR) is 86.7 cm³/mol. The highest BCUT2D eigenvalue weighted by molar-refractivity contribution is 9.10. The van der Waals surface area contributed by atoms with E-state index in [0.29, 0.717) is 16.5 Å². The van der Waals surface area contributed by atoms with Gasteiger partial charge in [-0.3, -0.25) is 0 Å². The van der Waals surface area contributed by atoms with Gasteiger partial charge in [0, 0.05) is 6.42 Å². The Hall–Kier alpha value is -1.71. The Balaban J connectivity index is 1.97. The second kappa shape index (κ2) is 5.96. The van der Waals surface area contributed by atoms with Crippen molar-refractivity contribution in [2.75, 3.05) is 0 Å². The lowest BCUT2D eigenvalue weighted by Crippen LogP contribution is -2.04.